The Labute approximate surface area is 219 Å². The lowest BCUT2D eigenvalue weighted by atomic mass is 9.94. The Hall–Kier alpha value is -3.80. The number of hydrogen-bond donors (Lipinski definition) is 1. The van der Waals surface area contributed by atoms with Crippen LogP contribution in [0, 0.1) is 11.3 Å². The molecule has 37 heavy (non-hydrogen) atoms. The van der Waals surface area contributed by atoms with Gasteiger partial charge in [0.05, 0.1) is 17.1 Å². The third-order valence-electron chi connectivity index (χ3n) is 6.95. The second-order valence-electron chi connectivity index (χ2n) is 9.36. The molecule has 0 amide bonds. The third kappa shape index (κ3) is 5.19. The van der Waals surface area contributed by atoms with Crippen LogP contribution >= 0.6 is 11.6 Å². The molecule has 1 fully saturated rings. The van der Waals surface area contributed by atoms with Gasteiger partial charge in [0.25, 0.3) is 5.56 Å². The molecule has 1 aliphatic rings. The maximum atomic E-state index is 12.7. The normalized spacial score (nSPS) is 14.9. The third-order valence-corrected chi connectivity index (χ3v) is 7.24. The van der Waals surface area contributed by atoms with E-state index in [1.165, 1.54) is 0 Å². The van der Waals surface area contributed by atoms with E-state index in [0.29, 0.717) is 29.4 Å². The summed E-state index contributed by atoms with van der Waals surface area (Å²) in [4.78, 5) is 26.0. The Kier molecular flexibility index (Phi) is 7.17. The van der Waals surface area contributed by atoms with Crippen LogP contribution in [0.2, 0.25) is 5.15 Å². The molecule has 1 aromatic carbocycles. The van der Waals surface area contributed by atoms with Gasteiger partial charge in [-0.25, -0.2) is 15.0 Å². The van der Waals surface area contributed by atoms with E-state index in [4.69, 9.17) is 16.3 Å². The minimum absolute atomic E-state index is 0.113. The summed E-state index contributed by atoms with van der Waals surface area (Å²) < 4.78 is 7.08. The van der Waals surface area contributed by atoms with E-state index in [1.54, 1.807) is 29.9 Å². The highest BCUT2D eigenvalue weighted by Gasteiger charge is 2.18. The van der Waals surface area contributed by atoms with Crippen molar-refractivity contribution in [1.29, 1.82) is 5.26 Å². The minimum Gasteiger partial charge on any atom is -0.381 e. The smallest absolute Gasteiger partial charge is 0.252 e. The van der Waals surface area contributed by atoms with Gasteiger partial charge in [0.15, 0.2) is 0 Å². The number of ether oxygens (including phenoxy) is 1. The number of nitrogens with one attached hydrogen (secondary N) is 1. The fourth-order valence-corrected chi connectivity index (χ4v) is 5.03. The number of benzene rings is 1. The molecule has 1 aliphatic heterocycles. The summed E-state index contributed by atoms with van der Waals surface area (Å²) in [6, 6.07) is 11.3. The molecule has 1 atom stereocenters. The van der Waals surface area contributed by atoms with Crippen molar-refractivity contribution < 1.29 is 4.74 Å². The molecule has 0 aliphatic carbocycles. The molecule has 1 unspecified atom stereocenters. The highest BCUT2D eigenvalue weighted by Crippen LogP contribution is 2.29. The Morgan fingerprint density at radius 3 is 2.68 bits per heavy atom. The molecule has 0 radical (unpaired) electrons. The number of anilines is 1. The standard InChI is InChI=1S/C28H27ClN6O2/c1-17(28-32-15-21(16-33-28)19-6-9-37-10-7-19)34-24-13-26(36)35(2)25-4-3-18(12-22(24)25)11-20-5-8-31-27(29)23(20)14-30/h3-5,8,12-13,15-17,19,34H,6-7,9-11H2,1-2H3. The molecule has 4 aromatic rings. The molecule has 4 heterocycles. The predicted octanol–water partition coefficient (Wildman–Crippen LogP) is 4.91. The fraction of sp³-hybridized carbons (Fsp3) is 0.321. The summed E-state index contributed by atoms with van der Waals surface area (Å²) in [5.74, 6) is 1.09. The summed E-state index contributed by atoms with van der Waals surface area (Å²) in [5.41, 5.74) is 4.69. The van der Waals surface area contributed by atoms with Crippen LogP contribution in [0.4, 0.5) is 5.69 Å². The fourth-order valence-electron chi connectivity index (χ4n) is 4.81. The van der Waals surface area contributed by atoms with E-state index in [1.807, 2.05) is 37.5 Å². The molecule has 8 nitrogen and oxygen atoms in total. The number of nitrogens with zero attached hydrogens (tertiary/aromatic N) is 5. The van der Waals surface area contributed by atoms with E-state index < -0.39 is 0 Å². The van der Waals surface area contributed by atoms with Gasteiger partial charge >= 0.3 is 0 Å². The number of aryl methyl sites for hydroxylation is 1. The van der Waals surface area contributed by atoms with E-state index in [0.717, 1.165) is 53.6 Å². The van der Waals surface area contributed by atoms with Gasteiger partial charge in [-0.05, 0) is 67.0 Å². The molecule has 0 spiro atoms. The largest absolute Gasteiger partial charge is 0.381 e. The lowest BCUT2D eigenvalue weighted by Gasteiger charge is -2.22. The monoisotopic (exact) mass is 514 g/mol. The van der Waals surface area contributed by atoms with Gasteiger partial charge in [0.1, 0.15) is 17.0 Å². The second kappa shape index (κ2) is 10.7. The Balaban J connectivity index is 1.44. The van der Waals surface area contributed by atoms with Gasteiger partial charge < -0.3 is 14.6 Å². The number of halogens is 1. The van der Waals surface area contributed by atoms with Crippen LogP contribution < -0.4 is 10.9 Å². The Bertz CT molecular complexity index is 1540. The minimum atomic E-state index is -0.216. The molecular weight excluding hydrogens is 488 g/mol. The van der Waals surface area contributed by atoms with Gasteiger partial charge in [-0.1, -0.05) is 17.7 Å². The number of pyridine rings is 2. The summed E-state index contributed by atoms with van der Waals surface area (Å²) >= 11 is 6.12. The Morgan fingerprint density at radius 2 is 1.95 bits per heavy atom. The number of aromatic nitrogens is 4. The first-order valence-corrected chi connectivity index (χ1v) is 12.6. The predicted molar refractivity (Wildman–Crippen MR) is 143 cm³/mol. The lowest BCUT2D eigenvalue weighted by molar-refractivity contribution is 0.0852. The summed E-state index contributed by atoms with van der Waals surface area (Å²) in [5, 5.41) is 14.1. The maximum Gasteiger partial charge on any atom is 0.252 e. The lowest BCUT2D eigenvalue weighted by Crippen LogP contribution is -2.19. The number of hydrogen-bond acceptors (Lipinski definition) is 7. The number of rotatable bonds is 6. The maximum absolute atomic E-state index is 12.7. The van der Waals surface area contributed by atoms with Crippen molar-refractivity contribution in [3.63, 3.8) is 0 Å². The van der Waals surface area contributed by atoms with E-state index in [2.05, 4.69) is 26.3 Å². The topological polar surface area (TPSA) is 106 Å². The van der Waals surface area contributed by atoms with E-state index in [9.17, 15) is 10.1 Å². The van der Waals surface area contributed by atoms with Crippen molar-refractivity contribution in [1.82, 2.24) is 19.5 Å². The summed E-state index contributed by atoms with van der Waals surface area (Å²) in [6.07, 6.45) is 7.90. The zero-order valence-electron chi connectivity index (χ0n) is 20.7. The zero-order valence-corrected chi connectivity index (χ0v) is 21.5. The summed E-state index contributed by atoms with van der Waals surface area (Å²) in [7, 11) is 1.76. The van der Waals surface area contributed by atoms with Crippen molar-refractivity contribution in [3.8, 4) is 6.07 Å². The van der Waals surface area contributed by atoms with E-state index >= 15 is 0 Å². The van der Waals surface area contributed by atoms with Crippen LogP contribution in [0.25, 0.3) is 10.9 Å². The molecule has 3 aromatic heterocycles. The van der Waals surface area contributed by atoms with Crippen LogP contribution in [0.15, 0.2) is 53.7 Å². The number of fused-ring (bicyclic) bond motifs is 1. The molecule has 1 N–H and O–H groups in total. The van der Waals surface area contributed by atoms with E-state index in [-0.39, 0.29) is 16.8 Å². The number of nitriles is 1. The molecule has 0 bridgehead atoms. The first-order chi connectivity index (χ1) is 17.9. The van der Waals surface area contributed by atoms with Crippen LogP contribution in [0.3, 0.4) is 0 Å². The highest BCUT2D eigenvalue weighted by molar-refractivity contribution is 6.30. The molecule has 9 heteroatoms. The molecule has 188 valence electrons. The average molecular weight is 515 g/mol. The van der Waals surface area contributed by atoms with Crippen LogP contribution in [-0.4, -0.2) is 32.7 Å². The van der Waals surface area contributed by atoms with Gasteiger partial charge in [-0.2, -0.15) is 5.26 Å². The molecule has 1 saturated heterocycles. The van der Waals surface area contributed by atoms with Gasteiger partial charge in [-0.3, -0.25) is 4.79 Å². The van der Waals surface area contributed by atoms with Gasteiger partial charge in [0.2, 0.25) is 0 Å². The zero-order chi connectivity index (χ0) is 25.9. The molecular formula is C28H27ClN6O2. The van der Waals surface area contributed by atoms with Gasteiger partial charge in [0, 0.05) is 56.0 Å². The van der Waals surface area contributed by atoms with Crippen molar-refractivity contribution >= 4 is 28.2 Å². The van der Waals surface area contributed by atoms with Crippen molar-refractivity contribution in [2.24, 2.45) is 7.05 Å². The van der Waals surface area contributed by atoms with Crippen molar-refractivity contribution in [2.75, 3.05) is 18.5 Å². The van der Waals surface area contributed by atoms with Crippen LogP contribution in [0.1, 0.15) is 59.8 Å². The second-order valence-corrected chi connectivity index (χ2v) is 9.72. The first-order valence-electron chi connectivity index (χ1n) is 12.3. The average Bonchev–Trinajstić information content (AvgIpc) is 2.92. The van der Waals surface area contributed by atoms with Gasteiger partial charge in [-0.15, -0.1) is 0 Å². The van der Waals surface area contributed by atoms with Crippen molar-refractivity contribution in [2.45, 2.75) is 38.1 Å². The molecule has 0 saturated carbocycles. The van der Waals surface area contributed by atoms with Crippen molar-refractivity contribution in [3.05, 3.63) is 92.5 Å². The van der Waals surface area contributed by atoms with Crippen LogP contribution in [-0.2, 0) is 18.2 Å². The highest BCUT2D eigenvalue weighted by atomic mass is 35.5. The SMILES string of the molecule is CC(Nc1cc(=O)n(C)c2ccc(Cc3ccnc(Cl)c3C#N)cc12)c1ncc(C2CCOCC2)cn1. The Morgan fingerprint density at radius 1 is 1.19 bits per heavy atom. The summed E-state index contributed by atoms with van der Waals surface area (Å²) in [6.45, 7) is 3.53. The quantitative estimate of drug-likeness (QED) is 0.364. The van der Waals surface area contributed by atoms with Crippen LogP contribution in [0.5, 0.6) is 0 Å². The molecule has 5 rings (SSSR count). The first kappa shape index (κ1) is 24.9.